The molecule has 0 aliphatic carbocycles. The summed E-state index contributed by atoms with van der Waals surface area (Å²) in [7, 11) is 0. The maximum Gasteiger partial charge on any atom is 0.365 e. The molecule has 0 amide bonds. The number of carbonyl (C=O) groups excluding carboxylic acids is 1. The molecule has 1 atom stereocenters. The van der Waals surface area contributed by atoms with E-state index in [1.807, 2.05) is 30.3 Å². The molecule has 0 heterocycles. The van der Waals surface area contributed by atoms with Crippen molar-refractivity contribution in [1.82, 2.24) is 0 Å². The average molecular weight is 429 g/mol. The van der Waals surface area contributed by atoms with E-state index in [1.54, 1.807) is 0 Å². The van der Waals surface area contributed by atoms with Crippen LogP contribution in [0.5, 0.6) is 0 Å². The Balaban J connectivity index is 2.69. The van der Waals surface area contributed by atoms with E-state index in [1.165, 1.54) is 0 Å². The lowest BCUT2D eigenvalue weighted by Gasteiger charge is -2.24. The molecule has 92 valence electrons. The van der Waals surface area contributed by atoms with Crippen LogP contribution in [0.15, 0.2) is 43.0 Å². The first kappa shape index (κ1) is 14.9. The number of alkyl halides is 3. The summed E-state index contributed by atoms with van der Waals surface area (Å²) in [5.41, 5.74) is 0.955. The molecule has 0 fully saturated rings. The Morgan fingerprint density at radius 2 is 1.94 bits per heavy atom. The van der Waals surface area contributed by atoms with Gasteiger partial charge in [-0.15, -0.1) is 0 Å². The van der Waals surface area contributed by atoms with Crippen LogP contribution >= 0.6 is 47.8 Å². The van der Waals surface area contributed by atoms with Crippen LogP contribution in [0, 0.1) is 0 Å². The first-order chi connectivity index (χ1) is 7.97. The monoisotopic (exact) mass is 426 g/mol. The van der Waals surface area contributed by atoms with Gasteiger partial charge in [-0.25, -0.2) is 4.79 Å². The fraction of sp³-hybridized carbons (Fsp3) is 0.182. The highest BCUT2D eigenvalue weighted by Gasteiger charge is 2.37. The number of carbonyl (C=O) groups is 1. The molecule has 1 rings (SSSR count). The molecule has 0 saturated heterocycles. The zero-order valence-electron chi connectivity index (χ0n) is 8.61. The second-order valence-electron chi connectivity index (χ2n) is 3.02. The summed E-state index contributed by atoms with van der Waals surface area (Å²) in [5, 5.41) is 0. The minimum Gasteiger partial charge on any atom is -0.291 e. The predicted molar refractivity (Wildman–Crippen MR) is 76.1 cm³/mol. The van der Waals surface area contributed by atoms with Gasteiger partial charge < -0.3 is 0 Å². The van der Waals surface area contributed by atoms with Gasteiger partial charge in [-0.2, -0.15) is 4.89 Å². The van der Waals surface area contributed by atoms with Crippen LogP contribution in [0.2, 0.25) is 0 Å². The Kier molecular flexibility index (Phi) is 5.85. The molecule has 1 aromatic rings. The molecular weight excluding hydrogens is 420 g/mol. The van der Waals surface area contributed by atoms with E-state index in [2.05, 4.69) is 59.3 Å². The molecule has 0 N–H and O–H groups in total. The molecule has 0 aliphatic heterocycles. The molecule has 6 heteroatoms. The van der Waals surface area contributed by atoms with Crippen LogP contribution in [0.25, 0.3) is 0 Å². The summed E-state index contributed by atoms with van der Waals surface area (Å²) >= 11 is 10.00. The molecule has 0 bridgehead atoms. The smallest absolute Gasteiger partial charge is 0.291 e. The second-order valence-corrected chi connectivity index (χ2v) is 7.36. The van der Waals surface area contributed by atoms with Crippen molar-refractivity contribution in [3.05, 3.63) is 48.6 Å². The molecule has 1 aromatic carbocycles. The van der Waals surface area contributed by atoms with Crippen molar-refractivity contribution in [2.24, 2.45) is 0 Å². The minimum absolute atomic E-state index is 0.256. The van der Waals surface area contributed by atoms with Crippen molar-refractivity contribution in [1.29, 1.82) is 0 Å². The average Bonchev–Trinajstić information content (AvgIpc) is 2.36. The van der Waals surface area contributed by atoms with Gasteiger partial charge in [0, 0.05) is 6.08 Å². The fourth-order valence-electron chi connectivity index (χ4n) is 0.989. The van der Waals surface area contributed by atoms with E-state index in [-0.39, 0.29) is 4.83 Å². The minimum atomic E-state index is -1.06. The van der Waals surface area contributed by atoms with Crippen molar-refractivity contribution < 1.29 is 14.6 Å². The van der Waals surface area contributed by atoms with Gasteiger partial charge in [0.05, 0.1) is 4.83 Å². The summed E-state index contributed by atoms with van der Waals surface area (Å²) in [6, 6.07) is 9.53. The maximum absolute atomic E-state index is 10.9. The van der Waals surface area contributed by atoms with Crippen molar-refractivity contribution in [2.45, 2.75) is 8.25 Å². The van der Waals surface area contributed by atoms with Gasteiger partial charge in [-0.1, -0.05) is 52.8 Å². The summed E-state index contributed by atoms with van der Waals surface area (Å²) in [6.45, 7) is 3.27. The SMILES string of the molecule is C=CC(=O)OOC(Br)(Br)C(Br)c1ccccc1. The summed E-state index contributed by atoms with van der Waals surface area (Å²) in [6.07, 6.45) is 1.02. The second kappa shape index (κ2) is 6.68. The zero-order chi connectivity index (χ0) is 12.9. The largest absolute Gasteiger partial charge is 0.365 e. The van der Waals surface area contributed by atoms with Crippen LogP contribution in [-0.4, -0.2) is 9.39 Å². The van der Waals surface area contributed by atoms with Crippen molar-refractivity contribution in [2.75, 3.05) is 0 Å². The fourth-order valence-corrected chi connectivity index (χ4v) is 2.03. The van der Waals surface area contributed by atoms with Crippen LogP contribution in [0.1, 0.15) is 10.4 Å². The lowest BCUT2D eigenvalue weighted by Crippen LogP contribution is -2.24. The molecule has 0 saturated carbocycles. The molecule has 0 aliphatic rings. The maximum atomic E-state index is 10.9. The van der Waals surface area contributed by atoms with Crippen LogP contribution in [-0.2, 0) is 14.6 Å². The predicted octanol–water partition coefficient (Wildman–Crippen LogP) is 4.23. The van der Waals surface area contributed by atoms with E-state index in [9.17, 15) is 4.79 Å². The highest BCUT2D eigenvalue weighted by Crippen LogP contribution is 2.46. The Labute approximate surface area is 124 Å². The van der Waals surface area contributed by atoms with E-state index < -0.39 is 9.39 Å². The Bertz CT molecular complexity index is 392. The Hall–Kier alpha value is -0.170. The third kappa shape index (κ3) is 4.54. The number of benzene rings is 1. The standard InChI is InChI=1S/C11H9Br3O3/c1-2-9(15)16-17-11(13,14)10(12)8-6-4-3-5-7-8/h2-7,10H,1H2. The quantitative estimate of drug-likeness (QED) is 0.305. The lowest BCUT2D eigenvalue weighted by atomic mass is 10.2. The third-order valence-electron chi connectivity index (χ3n) is 1.79. The molecule has 3 nitrogen and oxygen atoms in total. The van der Waals surface area contributed by atoms with Crippen LogP contribution < -0.4 is 0 Å². The topological polar surface area (TPSA) is 35.5 Å². The van der Waals surface area contributed by atoms with Crippen LogP contribution in [0.4, 0.5) is 0 Å². The summed E-state index contributed by atoms with van der Waals surface area (Å²) < 4.78 is -1.06. The summed E-state index contributed by atoms with van der Waals surface area (Å²) in [5.74, 6) is -0.666. The van der Waals surface area contributed by atoms with E-state index in [0.717, 1.165) is 11.6 Å². The molecule has 0 aromatic heterocycles. The lowest BCUT2D eigenvalue weighted by molar-refractivity contribution is -0.280. The number of rotatable bonds is 5. The van der Waals surface area contributed by atoms with Gasteiger partial charge in [0.1, 0.15) is 0 Å². The van der Waals surface area contributed by atoms with Crippen molar-refractivity contribution in [3.63, 3.8) is 0 Å². The molecule has 0 radical (unpaired) electrons. The molecule has 0 spiro atoms. The van der Waals surface area contributed by atoms with Gasteiger partial charge >= 0.3 is 5.97 Å². The third-order valence-corrected chi connectivity index (χ3v) is 5.37. The first-order valence-electron chi connectivity index (χ1n) is 4.56. The Morgan fingerprint density at radius 3 is 2.47 bits per heavy atom. The van der Waals surface area contributed by atoms with Gasteiger partial charge in [-0.05, 0) is 37.4 Å². The van der Waals surface area contributed by atoms with E-state index in [0.29, 0.717) is 0 Å². The van der Waals surface area contributed by atoms with Gasteiger partial charge in [0.15, 0.2) is 0 Å². The highest BCUT2D eigenvalue weighted by molar-refractivity contribution is 9.26. The molecular formula is C11H9Br3O3. The normalized spacial score (nSPS) is 12.9. The van der Waals surface area contributed by atoms with Crippen LogP contribution in [0.3, 0.4) is 0 Å². The van der Waals surface area contributed by atoms with E-state index in [4.69, 9.17) is 4.89 Å². The zero-order valence-corrected chi connectivity index (χ0v) is 13.4. The van der Waals surface area contributed by atoms with Crippen molar-refractivity contribution in [3.8, 4) is 0 Å². The number of hydrogen-bond acceptors (Lipinski definition) is 3. The molecule has 1 unspecified atom stereocenters. The van der Waals surface area contributed by atoms with E-state index >= 15 is 0 Å². The van der Waals surface area contributed by atoms with Gasteiger partial charge in [0.2, 0.25) is 3.42 Å². The Morgan fingerprint density at radius 1 is 1.35 bits per heavy atom. The molecule has 17 heavy (non-hydrogen) atoms. The number of hydrogen-bond donors (Lipinski definition) is 0. The highest BCUT2D eigenvalue weighted by atomic mass is 79.9. The number of halogens is 3. The van der Waals surface area contributed by atoms with Gasteiger partial charge in [-0.3, -0.25) is 4.89 Å². The summed E-state index contributed by atoms with van der Waals surface area (Å²) in [4.78, 5) is 20.1. The van der Waals surface area contributed by atoms with Crippen molar-refractivity contribution >= 4 is 53.8 Å². The first-order valence-corrected chi connectivity index (χ1v) is 7.06. The van der Waals surface area contributed by atoms with Gasteiger partial charge in [0.25, 0.3) is 0 Å².